The number of rotatable bonds is 15. The number of halogens is 1. The van der Waals surface area contributed by atoms with Crippen molar-refractivity contribution in [3.8, 4) is 5.75 Å². The lowest BCUT2D eigenvalue weighted by molar-refractivity contribution is -0.156. The Bertz CT molecular complexity index is 1360. The van der Waals surface area contributed by atoms with E-state index in [9.17, 15) is 4.79 Å². The molecule has 0 spiro atoms. The minimum absolute atomic E-state index is 0.199. The Labute approximate surface area is 260 Å². The number of ether oxygens (including phenoxy) is 3. The van der Waals surface area contributed by atoms with Crippen molar-refractivity contribution in [2.75, 3.05) is 7.11 Å². The van der Waals surface area contributed by atoms with E-state index in [0.717, 1.165) is 40.8 Å². The van der Waals surface area contributed by atoms with Crippen molar-refractivity contribution >= 4 is 17.6 Å². The summed E-state index contributed by atoms with van der Waals surface area (Å²) in [5.41, 5.74) is 10.1. The van der Waals surface area contributed by atoms with Crippen molar-refractivity contribution in [2.45, 2.75) is 77.7 Å². The molecule has 7 nitrogen and oxygen atoms in total. The molecular weight excluding hydrogens is 562 g/mol. The van der Waals surface area contributed by atoms with Gasteiger partial charge in [0.1, 0.15) is 12.4 Å². The van der Waals surface area contributed by atoms with E-state index in [0.29, 0.717) is 42.8 Å². The van der Waals surface area contributed by atoms with Crippen molar-refractivity contribution < 1.29 is 19.0 Å². The van der Waals surface area contributed by atoms with Crippen LogP contribution < -0.4 is 16.3 Å². The number of esters is 1. The van der Waals surface area contributed by atoms with Crippen molar-refractivity contribution in [1.82, 2.24) is 5.01 Å². The van der Waals surface area contributed by atoms with Gasteiger partial charge < -0.3 is 25.0 Å². The van der Waals surface area contributed by atoms with Gasteiger partial charge in [-0.3, -0.25) is 4.79 Å². The molecule has 43 heavy (non-hydrogen) atoms. The Kier molecular flexibility index (Phi) is 11.5. The molecule has 1 unspecified atom stereocenters. The average Bonchev–Trinajstić information content (AvgIpc) is 2.97. The molecule has 0 heterocycles. The number of allylic oxidation sites excluding steroid dienone is 1. The lowest BCUT2D eigenvalue weighted by atomic mass is 9.72. The van der Waals surface area contributed by atoms with Crippen LogP contribution in [0.2, 0.25) is 5.02 Å². The zero-order chi connectivity index (χ0) is 30.8. The molecule has 4 N–H and O–H groups in total. The van der Waals surface area contributed by atoms with Crippen LogP contribution in [0.25, 0.3) is 0 Å². The van der Waals surface area contributed by atoms with Crippen LogP contribution in [0.1, 0.15) is 74.1 Å². The first-order valence-corrected chi connectivity index (χ1v) is 15.2. The minimum atomic E-state index is -0.847. The number of nitrogens with two attached hydrogens (primary N) is 2. The highest BCUT2D eigenvalue weighted by molar-refractivity contribution is 6.31. The molecule has 3 aromatic rings. The summed E-state index contributed by atoms with van der Waals surface area (Å²) in [5, 5.41) is 2.34. The van der Waals surface area contributed by atoms with Gasteiger partial charge in [-0.25, -0.2) is 5.84 Å². The Morgan fingerprint density at radius 2 is 1.72 bits per heavy atom. The zero-order valence-electron chi connectivity index (χ0n) is 25.4. The SMILES string of the molecule is COc1ccc(COCc2cc(C(CC/C(N)=C/N(N)C3CCC3)C(C)(C)C(=O)OCc3ccccc3)ccc2Cl)cc1. The van der Waals surface area contributed by atoms with Gasteiger partial charge in [0, 0.05) is 23.0 Å². The fourth-order valence-corrected chi connectivity index (χ4v) is 5.45. The summed E-state index contributed by atoms with van der Waals surface area (Å²) >= 11 is 6.61. The van der Waals surface area contributed by atoms with Crippen LogP contribution in [0.5, 0.6) is 5.75 Å². The predicted molar refractivity (Wildman–Crippen MR) is 171 cm³/mol. The van der Waals surface area contributed by atoms with Crippen molar-refractivity contribution in [3.05, 3.63) is 112 Å². The molecule has 0 amide bonds. The summed E-state index contributed by atoms with van der Waals surface area (Å²) in [4.78, 5) is 13.6. The number of carbonyl (C=O) groups excluding carboxylic acids is 1. The molecule has 4 rings (SSSR count). The Balaban J connectivity index is 1.51. The second-order valence-electron chi connectivity index (χ2n) is 11.8. The average molecular weight is 606 g/mol. The standard InChI is InChI=1S/C35H44ClN3O4/c1-35(2,34(40)43-23-25-8-5-4-6-9-25)32(18-15-29(37)21-39(38)30-10-7-11-30)27-14-19-33(36)28(20-27)24-42-22-26-12-16-31(41-3)17-13-26/h4-6,8-9,12-14,16-17,19-21,30,32H,7,10-11,15,18,22-24,37-38H2,1-3H3/b29-21-. The third-order valence-corrected chi connectivity index (χ3v) is 8.67. The highest BCUT2D eigenvalue weighted by atomic mass is 35.5. The predicted octanol–water partition coefficient (Wildman–Crippen LogP) is 7.23. The normalized spacial score (nSPS) is 14.6. The lowest BCUT2D eigenvalue weighted by Gasteiger charge is -2.34. The van der Waals surface area contributed by atoms with Crippen LogP contribution in [0.15, 0.2) is 84.7 Å². The number of benzene rings is 3. The zero-order valence-corrected chi connectivity index (χ0v) is 26.2. The maximum atomic E-state index is 13.6. The summed E-state index contributed by atoms with van der Waals surface area (Å²) in [6, 6.07) is 23.7. The van der Waals surface area contributed by atoms with Gasteiger partial charge in [0.15, 0.2) is 0 Å². The van der Waals surface area contributed by atoms with E-state index in [2.05, 4.69) is 0 Å². The Hall–Kier alpha value is -3.52. The highest BCUT2D eigenvalue weighted by Crippen LogP contribution is 2.42. The molecule has 8 heteroatoms. The summed E-state index contributed by atoms with van der Waals surface area (Å²) in [6.45, 7) is 4.84. The number of hydrogen-bond acceptors (Lipinski definition) is 7. The summed E-state index contributed by atoms with van der Waals surface area (Å²) in [5.74, 6) is 6.56. The van der Waals surface area contributed by atoms with Gasteiger partial charge in [-0.1, -0.05) is 66.2 Å². The monoisotopic (exact) mass is 605 g/mol. The van der Waals surface area contributed by atoms with E-state index < -0.39 is 5.41 Å². The first-order valence-electron chi connectivity index (χ1n) is 14.9. The van der Waals surface area contributed by atoms with Gasteiger partial charge in [-0.2, -0.15) is 0 Å². The Morgan fingerprint density at radius 3 is 2.37 bits per heavy atom. The van der Waals surface area contributed by atoms with Crippen molar-refractivity contribution in [3.63, 3.8) is 0 Å². The molecule has 0 bridgehead atoms. The topological polar surface area (TPSA) is 100 Å². The number of nitrogens with zero attached hydrogens (tertiary/aromatic N) is 1. The summed E-state index contributed by atoms with van der Waals surface area (Å²) < 4.78 is 17.1. The van der Waals surface area contributed by atoms with Crippen LogP contribution in [-0.4, -0.2) is 24.1 Å². The maximum absolute atomic E-state index is 13.6. The largest absolute Gasteiger partial charge is 0.497 e. The highest BCUT2D eigenvalue weighted by Gasteiger charge is 2.39. The quantitative estimate of drug-likeness (QED) is 0.107. The molecule has 1 atom stereocenters. The fourth-order valence-electron chi connectivity index (χ4n) is 5.28. The molecule has 0 saturated heterocycles. The van der Waals surface area contributed by atoms with Crippen LogP contribution in [0.3, 0.4) is 0 Å². The number of carbonyl (C=O) groups is 1. The molecule has 230 valence electrons. The van der Waals surface area contributed by atoms with Crippen LogP contribution in [0.4, 0.5) is 0 Å². The molecule has 0 aliphatic heterocycles. The first kappa shape index (κ1) is 32.4. The van der Waals surface area contributed by atoms with Gasteiger partial charge in [0.05, 0.1) is 25.7 Å². The van der Waals surface area contributed by atoms with Crippen molar-refractivity contribution in [1.29, 1.82) is 0 Å². The van der Waals surface area contributed by atoms with E-state index in [1.54, 1.807) is 12.1 Å². The second-order valence-corrected chi connectivity index (χ2v) is 12.2. The fraction of sp³-hybridized carbons (Fsp3) is 0.400. The maximum Gasteiger partial charge on any atom is 0.312 e. The number of hydrogen-bond donors (Lipinski definition) is 2. The first-order chi connectivity index (χ1) is 20.7. The van der Waals surface area contributed by atoms with Crippen LogP contribution in [-0.2, 0) is 34.1 Å². The Morgan fingerprint density at radius 1 is 1.02 bits per heavy atom. The molecule has 1 fully saturated rings. The minimum Gasteiger partial charge on any atom is -0.497 e. The number of hydrazine groups is 1. The van der Waals surface area contributed by atoms with E-state index in [1.165, 1.54) is 6.42 Å². The third kappa shape index (κ3) is 8.99. The van der Waals surface area contributed by atoms with E-state index >= 15 is 0 Å². The third-order valence-electron chi connectivity index (χ3n) is 8.30. The number of methoxy groups -OCH3 is 1. The van der Waals surface area contributed by atoms with Gasteiger partial charge in [0.25, 0.3) is 0 Å². The smallest absolute Gasteiger partial charge is 0.312 e. The molecule has 0 radical (unpaired) electrons. The molecule has 1 aliphatic rings. The van der Waals surface area contributed by atoms with Gasteiger partial charge in [0.2, 0.25) is 0 Å². The van der Waals surface area contributed by atoms with Crippen molar-refractivity contribution in [2.24, 2.45) is 17.0 Å². The summed E-state index contributed by atoms with van der Waals surface area (Å²) in [6.07, 6.45) is 6.39. The van der Waals surface area contributed by atoms with E-state index in [-0.39, 0.29) is 18.5 Å². The molecule has 1 aliphatic carbocycles. The van der Waals surface area contributed by atoms with Crippen LogP contribution >= 0.6 is 11.6 Å². The molecule has 1 saturated carbocycles. The van der Waals surface area contributed by atoms with E-state index in [4.69, 9.17) is 37.4 Å². The summed E-state index contributed by atoms with van der Waals surface area (Å²) in [7, 11) is 1.64. The van der Waals surface area contributed by atoms with Gasteiger partial charge in [-0.15, -0.1) is 0 Å². The van der Waals surface area contributed by atoms with Gasteiger partial charge in [-0.05, 0) is 92.3 Å². The molecular formula is C35H44ClN3O4. The second kappa shape index (κ2) is 15.3. The van der Waals surface area contributed by atoms with E-state index in [1.807, 2.05) is 92.8 Å². The molecule has 3 aromatic carbocycles. The lowest BCUT2D eigenvalue weighted by Crippen LogP contribution is -2.41. The van der Waals surface area contributed by atoms with Crippen LogP contribution in [0, 0.1) is 5.41 Å². The van der Waals surface area contributed by atoms with Gasteiger partial charge >= 0.3 is 5.97 Å². The molecule has 0 aromatic heterocycles.